The largest absolute Gasteiger partial charge is 0.372 e. The van der Waals surface area contributed by atoms with Crippen molar-refractivity contribution in [1.29, 1.82) is 0 Å². The summed E-state index contributed by atoms with van der Waals surface area (Å²) in [6.45, 7) is 6.54. The van der Waals surface area contributed by atoms with E-state index in [2.05, 4.69) is 58.9 Å². The molecule has 0 fully saturated rings. The number of para-hydroxylation sites is 1. The predicted octanol–water partition coefficient (Wildman–Crippen LogP) is 4.34. The van der Waals surface area contributed by atoms with Crippen LogP contribution in [0.15, 0.2) is 47.6 Å². The van der Waals surface area contributed by atoms with Gasteiger partial charge in [-0.25, -0.2) is 0 Å². The average molecular weight is 367 g/mol. The Hall–Kier alpha value is -2.40. The third kappa shape index (κ3) is 4.41. The molecule has 0 bridgehead atoms. The summed E-state index contributed by atoms with van der Waals surface area (Å²) in [5, 5.41) is 8.00. The Morgan fingerprint density at radius 2 is 2.08 bits per heavy atom. The van der Waals surface area contributed by atoms with Crippen molar-refractivity contribution in [2.24, 2.45) is 5.10 Å². The van der Waals surface area contributed by atoms with Crippen LogP contribution in [-0.4, -0.2) is 24.4 Å². The molecule has 26 heavy (non-hydrogen) atoms. The van der Waals surface area contributed by atoms with E-state index in [1.807, 2.05) is 24.4 Å². The van der Waals surface area contributed by atoms with Crippen molar-refractivity contribution in [2.45, 2.75) is 33.1 Å². The van der Waals surface area contributed by atoms with Crippen molar-refractivity contribution in [2.75, 3.05) is 23.3 Å². The maximum atomic E-state index is 5.34. The molecule has 4 nitrogen and oxygen atoms in total. The van der Waals surface area contributed by atoms with Crippen LogP contribution >= 0.6 is 12.2 Å². The number of hydrazone groups is 1. The van der Waals surface area contributed by atoms with E-state index in [1.165, 1.54) is 23.2 Å². The molecule has 0 spiro atoms. The van der Waals surface area contributed by atoms with Crippen molar-refractivity contribution in [3.05, 3.63) is 59.2 Å². The molecule has 0 unspecified atom stereocenters. The van der Waals surface area contributed by atoms with Gasteiger partial charge in [-0.1, -0.05) is 31.2 Å². The van der Waals surface area contributed by atoms with E-state index in [9.17, 15) is 0 Å². The Morgan fingerprint density at radius 1 is 1.23 bits per heavy atom. The highest BCUT2D eigenvalue weighted by atomic mass is 32.1. The number of hydrogen-bond donors (Lipinski definition) is 2. The van der Waals surface area contributed by atoms with Crippen molar-refractivity contribution in [3.63, 3.8) is 0 Å². The molecule has 0 saturated heterocycles. The minimum atomic E-state index is 0.497. The van der Waals surface area contributed by atoms with Crippen LogP contribution < -0.4 is 15.6 Å². The van der Waals surface area contributed by atoms with Crippen LogP contribution in [0.25, 0.3) is 0 Å². The fourth-order valence-corrected chi connectivity index (χ4v) is 3.53. The van der Waals surface area contributed by atoms with Gasteiger partial charge < -0.3 is 10.2 Å². The second-order valence-electron chi connectivity index (χ2n) is 6.41. The minimum Gasteiger partial charge on any atom is -0.372 e. The summed E-state index contributed by atoms with van der Waals surface area (Å²) in [5.41, 5.74) is 9.02. The Kier molecular flexibility index (Phi) is 6.23. The van der Waals surface area contributed by atoms with Gasteiger partial charge in [0.1, 0.15) is 0 Å². The molecule has 2 aromatic rings. The van der Waals surface area contributed by atoms with Crippen molar-refractivity contribution in [1.82, 2.24) is 5.43 Å². The van der Waals surface area contributed by atoms with Crippen molar-refractivity contribution in [3.8, 4) is 0 Å². The lowest BCUT2D eigenvalue weighted by Crippen LogP contribution is -2.28. The zero-order valence-corrected chi connectivity index (χ0v) is 16.3. The van der Waals surface area contributed by atoms with E-state index in [4.69, 9.17) is 12.2 Å². The highest BCUT2D eigenvalue weighted by Gasteiger charge is 2.15. The van der Waals surface area contributed by atoms with Gasteiger partial charge in [-0.3, -0.25) is 5.43 Å². The third-order valence-electron chi connectivity index (χ3n) is 4.73. The molecule has 0 radical (unpaired) electrons. The number of thiocarbonyl (C=S) groups is 1. The summed E-state index contributed by atoms with van der Waals surface area (Å²) in [6.07, 6.45) is 5.13. The Balaban J connectivity index is 1.61. The number of hydrogen-bond acceptors (Lipinski definition) is 3. The average Bonchev–Trinajstić information content (AvgIpc) is 2.67. The molecule has 3 rings (SSSR count). The number of nitrogens with one attached hydrogen (secondary N) is 2. The summed E-state index contributed by atoms with van der Waals surface area (Å²) < 4.78 is 0. The molecule has 136 valence electrons. The summed E-state index contributed by atoms with van der Waals surface area (Å²) >= 11 is 5.34. The fraction of sp³-hybridized carbons (Fsp3) is 0.333. The molecule has 1 aliphatic heterocycles. The molecule has 0 atom stereocenters. The molecule has 0 amide bonds. The van der Waals surface area contributed by atoms with E-state index in [-0.39, 0.29) is 0 Å². The van der Waals surface area contributed by atoms with Crippen LogP contribution in [0.4, 0.5) is 11.4 Å². The summed E-state index contributed by atoms with van der Waals surface area (Å²) in [7, 11) is 0. The second-order valence-corrected chi connectivity index (χ2v) is 6.81. The van der Waals surface area contributed by atoms with Crippen molar-refractivity contribution < 1.29 is 0 Å². The SMILES string of the molecule is CCc1ccccc1NC(=S)N/N=C/c1ccc2c(c1)CCCN2CC. The van der Waals surface area contributed by atoms with Gasteiger partial charge in [0.15, 0.2) is 5.11 Å². The highest BCUT2D eigenvalue weighted by molar-refractivity contribution is 7.80. The lowest BCUT2D eigenvalue weighted by atomic mass is 9.99. The highest BCUT2D eigenvalue weighted by Crippen LogP contribution is 2.27. The van der Waals surface area contributed by atoms with Crippen molar-refractivity contribution >= 4 is 34.9 Å². The molecule has 2 aromatic carbocycles. The normalized spacial score (nSPS) is 13.5. The topological polar surface area (TPSA) is 39.7 Å². The van der Waals surface area contributed by atoms with Gasteiger partial charge in [0, 0.05) is 24.5 Å². The summed E-state index contributed by atoms with van der Waals surface area (Å²) in [5.74, 6) is 0. The molecule has 2 N–H and O–H groups in total. The van der Waals surface area contributed by atoms with Crippen LogP contribution in [0, 0.1) is 0 Å². The van der Waals surface area contributed by atoms with Crippen LogP contribution in [0.3, 0.4) is 0 Å². The first-order chi connectivity index (χ1) is 12.7. The van der Waals surface area contributed by atoms with Crippen LogP contribution in [0.1, 0.15) is 37.0 Å². The fourth-order valence-electron chi connectivity index (χ4n) is 3.37. The molecule has 0 aromatic heterocycles. The second kappa shape index (κ2) is 8.81. The lowest BCUT2D eigenvalue weighted by molar-refractivity contribution is 0.708. The van der Waals surface area contributed by atoms with E-state index in [0.717, 1.165) is 37.2 Å². The van der Waals surface area contributed by atoms with E-state index < -0.39 is 0 Å². The first-order valence-corrected chi connectivity index (χ1v) is 9.68. The molecule has 1 aliphatic rings. The summed E-state index contributed by atoms with van der Waals surface area (Å²) in [6, 6.07) is 14.7. The first-order valence-electron chi connectivity index (χ1n) is 9.27. The van der Waals surface area contributed by atoms with Gasteiger partial charge in [0.05, 0.1) is 6.21 Å². The molecule has 1 heterocycles. The number of anilines is 2. The van der Waals surface area contributed by atoms with Crippen LogP contribution in [0.5, 0.6) is 0 Å². The number of rotatable bonds is 5. The number of benzene rings is 2. The Morgan fingerprint density at radius 3 is 2.88 bits per heavy atom. The standard InChI is InChI=1S/C21H26N4S/c1-3-17-8-5-6-10-19(17)23-21(26)24-22-15-16-11-12-20-18(14-16)9-7-13-25(20)4-2/h5-6,8,10-12,14-15H,3-4,7,9,13H2,1-2H3,(H2,23,24,26)/b22-15+. The van der Waals surface area contributed by atoms with Gasteiger partial charge in [-0.2, -0.15) is 5.10 Å². The molecule has 5 heteroatoms. The number of aryl methyl sites for hydroxylation is 2. The molecular formula is C21H26N4S. The maximum absolute atomic E-state index is 5.34. The third-order valence-corrected chi connectivity index (χ3v) is 4.92. The van der Waals surface area contributed by atoms with E-state index in [1.54, 1.807) is 0 Å². The zero-order chi connectivity index (χ0) is 18.4. The van der Waals surface area contributed by atoms with Gasteiger partial charge >= 0.3 is 0 Å². The maximum Gasteiger partial charge on any atom is 0.191 e. The quantitative estimate of drug-likeness (QED) is 0.469. The van der Waals surface area contributed by atoms with Crippen LogP contribution in [0.2, 0.25) is 0 Å². The van der Waals surface area contributed by atoms with Gasteiger partial charge in [0.2, 0.25) is 0 Å². The first kappa shape index (κ1) is 18.4. The molecule has 0 saturated carbocycles. The smallest absolute Gasteiger partial charge is 0.191 e. The Bertz CT molecular complexity index is 800. The van der Waals surface area contributed by atoms with E-state index in [0.29, 0.717) is 5.11 Å². The van der Waals surface area contributed by atoms with Crippen LogP contribution in [-0.2, 0) is 12.8 Å². The predicted molar refractivity (Wildman–Crippen MR) is 115 cm³/mol. The number of fused-ring (bicyclic) bond motifs is 1. The lowest BCUT2D eigenvalue weighted by Gasteiger charge is -2.30. The monoisotopic (exact) mass is 366 g/mol. The van der Waals surface area contributed by atoms with E-state index >= 15 is 0 Å². The molecule has 0 aliphatic carbocycles. The van der Waals surface area contributed by atoms with Gasteiger partial charge in [-0.05, 0) is 73.3 Å². The van der Waals surface area contributed by atoms with Gasteiger partial charge in [0.25, 0.3) is 0 Å². The Labute approximate surface area is 161 Å². The summed E-state index contributed by atoms with van der Waals surface area (Å²) in [4.78, 5) is 2.43. The molecular weight excluding hydrogens is 340 g/mol. The number of nitrogens with zero attached hydrogens (tertiary/aromatic N) is 2. The van der Waals surface area contributed by atoms with Gasteiger partial charge in [-0.15, -0.1) is 0 Å². The zero-order valence-electron chi connectivity index (χ0n) is 15.5. The minimum absolute atomic E-state index is 0.497.